The molecule has 188 valence electrons. The van der Waals surface area contributed by atoms with Gasteiger partial charge < -0.3 is 19.9 Å². The first-order valence-electron chi connectivity index (χ1n) is 12.4. The number of halogens is 2. The molecule has 4 aromatic rings. The number of nitrogens with two attached hydrogens (primary N) is 1. The van der Waals surface area contributed by atoms with E-state index in [4.69, 9.17) is 20.4 Å². The van der Waals surface area contributed by atoms with Gasteiger partial charge in [-0.25, -0.2) is 4.98 Å². The van der Waals surface area contributed by atoms with Gasteiger partial charge in [0.25, 0.3) is 5.91 Å². The first-order chi connectivity index (χ1) is 17.7. The number of fused-ring (bicyclic) bond motifs is 10. The number of aryl methyl sites for hydroxylation is 1. The average Bonchev–Trinajstić information content (AvgIpc) is 3.50. The molecule has 2 aromatic heterocycles. The zero-order valence-electron chi connectivity index (χ0n) is 20.4. The highest BCUT2D eigenvalue weighted by molar-refractivity contribution is 5.98. The number of amides is 1. The van der Waals surface area contributed by atoms with Crippen LogP contribution in [-0.2, 0) is 12.0 Å². The van der Waals surface area contributed by atoms with E-state index in [-0.39, 0.29) is 23.7 Å². The van der Waals surface area contributed by atoms with E-state index in [1.54, 1.807) is 24.1 Å². The highest BCUT2D eigenvalue weighted by Crippen LogP contribution is 2.50. The third-order valence-electron chi connectivity index (χ3n) is 8.16. The van der Waals surface area contributed by atoms with Gasteiger partial charge in [-0.3, -0.25) is 9.78 Å². The quantitative estimate of drug-likeness (QED) is 0.430. The van der Waals surface area contributed by atoms with Crippen LogP contribution in [0, 0.1) is 0 Å². The number of pyridine rings is 1. The van der Waals surface area contributed by atoms with Crippen LogP contribution in [-0.4, -0.2) is 39.0 Å². The van der Waals surface area contributed by atoms with Crippen LogP contribution in [0.2, 0.25) is 0 Å². The Balaban J connectivity index is 1.41. The molecule has 3 atom stereocenters. The second kappa shape index (κ2) is 7.58. The Hall–Kier alpha value is -3.85. The van der Waals surface area contributed by atoms with E-state index in [9.17, 15) is 13.6 Å². The van der Waals surface area contributed by atoms with Crippen LogP contribution in [0.4, 0.5) is 8.78 Å². The smallest absolute Gasteiger partial charge is 0.387 e. The molecule has 4 heterocycles. The third-order valence-corrected chi connectivity index (χ3v) is 8.16. The Bertz CT molecular complexity index is 1610. The van der Waals surface area contributed by atoms with Gasteiger partial charge >= 0.3 is 6.61 Å². The van der Waals surface area contributed by atoms with Crippen LogP contribution in [0.1, 0.15) is 64.9 Å². The van der Waals surface area contributed by atoms with Gasteiger partial charge in [-0.05, 0) is 61.2 Å². The average molecular weight is 502 g/mol. The van der Waals surface area contributed by atoms with E-state index < -0.39 is 12.2 Å². The molecule has 1 aliphatic carbocycles. The molecular formula is C28H25F2N5O2. The molecule has 7 nitrogen and oxygen atoms in total. The van der Waals surface area contributed by atoms with Crippen LogP contribution in [0.3, 0.4) is 0 Å². The van der Waals surface area contributed by atoms with Gasteiger partial charge in [-0.2, -0.15) is 8.78 Å². The Morgan fingerprint density at radius 2 is 2.00 bits per heavy atom. The second-order valence-corrected chi connectivity index (χ2v) is 10.5. The van der Waals surface area contributed by atoms with Crippen molar-refractivity contribution in [2.45, 2.75) is 50.4 Å². The Labute approximate surface area is 211 Å². The Morgan fingerprint density at radius 3 is 2.81 bits per heavy atom. The van der Waals surface area contributed by atoms with Crippen molar-refractivity contribution in [1.82, 2.24) is 19.4 Å². The number of alkyl halides is 2. The van der Waals surface area contributed by atoms with Crippen LogP contribution < -0.4 is 10.5 Å². The summed E-state index contributed by atoms with van der Waals surface area (Å²) < 4.78 is 33.6. The molecule has 0 saturated heterocycles. The van der Waals surface area contributed by atoms with Crippen LogP contribution in [0.25, 0.3) is 22.2 Å². The maximum atomic E-state index is 13.3. The molecule has 2 bridgehead atoms. The van der Waals surface area contributed by atoms with Gasteiger partial charge in [0.1, 0.15) is 11.6 Å². The second-order valence-electron chi connectivity index (χ2n) is 10.5. The molecule has 3 aliphatic rings. The zero-order valence-corrected chi connectivity index (χ0v) is 20.4. The Kier molecular flexibility index (Phi) is 4.58. The number of hydrogen-bond donors (Lipinski definition) is 1. The summed E-state index contributed by atoms with van der Waals surface area (Å²) in [6, 6.07) is 12.3. The predicted octanol–water partition coefficient (Wildman–Crippen LogP) is 4.94. The van der Waals surface area contributed by atoms with Crippen molar-refractivity contribution in [2.75, 3.05) is 7.05 Å². The van der Waals surface area contributed by atoms with E-state index in [1.165, 1.54) is 6.07 Å². The van der Waals surface area contributed by atoms with Gasteiger partial charge in [0.2, 0.25) is 0 Å². The summed E-state index contributed by atoms with van der Waals surface area (Å²) in [7, 11) is 1.74. The van der Waals surface area contributed by atoms with Crippen molar-refractivity contribution < 1.29 is 18.3 Å². The first kappa shape index (κ1) is 22.4. The number of rotatable bonds is 3. The summed E-state index contributed by atoms with van der Waals surface area (Å²) in [5.74, 6) is 0.548. The lowest BCUT2D eigenvalue weighted by molar-refractivity contribution is -0.0507. The lowest BCUT2D eigenvalue weighted by Gasteiger charge is -2.24. The van der Waals surface area contributed by atoms with Crippen molar-refractivity contribution in [3.05, 3.63) is 76.9 Å². The molecular weight excluding hydrogens is 476 g/mol. The number of carbonyl (C=O) groups is 1. The van der Waals surface area contributed by atoms with Crippen molar-refractivity contribution in [1.29, 1.82) is 0 Å². The number of imidazole rings is 1. The fourth-order valence-electron chi connectivity index (χ4n) is 6.34. The molecule has 9 heteroatoms. The number of carbonyl (C=O) groups excluding carboxylic acids is 1. The SMILES string of the molecule is CN1C(=O)c2cccc(OC(F)F)c2[C@H]2C[C@@H]1c1nc3ccc(-c4cnc5c(c4)CC[C@@]5(C)N)cc3n12. The molecule has 2 aromatic carbocycles. The van der Waals surface area contributed by atoms with E-state index in [0.717, 1.165) is 52.1 Å². The van der Waals surface area contributed by atoms with E-state index >= 15 is 0 Å². The topological polar surface area (TPSA) is 86.3 Å². The van der Waals surface area contributed by atoms with Crippen LogP contribution in [0.5, 0.6) is 5.75 Å². The minimum Gasteiger partial charge on any atom is -0.434 e. The summed E-state index contributed by atoms with van der Waals surface area (Å²) in [4.78, 5) is 24.5. The van der Waals surface area contributed by atoms with Crippen LogP contribution in [0.15, 0.2) is 48.7 Å². The van der Waals surface area contributed by atoms with Crippen molar-refractivity contribution in [3.8, 4) is 16.9 Å². The highest BCUT2D eigenvalue weighted by atomic mass is 19.3. The fourth-order valence-corrected chi connectivity index (χ4v) is 6.34. The lowest BCUT2D eigenvalue weighted by atomic mass is 9.97. The standard InChI is InChI=1S/C28H25F2N5O2/c1-28(31)9-8-15-10-16(13-32-24(15)28)14-6-7-18-19(11-14)35-20-12-21(25(35)33-18)34(2)26(36)17-4-3-5-22(23(17)20)37-27(29)30/h3-7,10-11,13,20-21,27H,8-9,12,31H2,1-2H3/t20-,21-,28-/m1/s1. The lowest BCUT2D eigenvalue weighted by Crippen LogP contribution is -2.30. The van der Waals surface area contributed by atoms with Gasteiger partial charge in [-0.1, -0.05) is 12.1 Å². The molecule has 0 saturated carbocycles. The molecule has 2 N–H and O–H groups in total. The third kappa shape index (κ3) is 3.16. The molecule has 0 unspecified atom stereocenters. The summed E-state index contributed by atoms with van der Waals surface area (Å²) in [5.41, 5.74) is 12.6. The highest BCUT2D eigenvalue weighted by Gasteiger charge is 2.45. The summed E-state index contributed by atoms with van der Waals surface area (Å²) in [6.45, 7) is -0.979. The molecule has 0 spiro atoms. The van der Waals surface area contributed by atoms with Gasteiger partial charge in [-0.15, -0.1) is 0 Å². The number of nitrogens with zero attached hydrogens (tertiary/aromatic N) is 4. The summed E-state index contributed by atoms with van der Waals surface area (Å²) in [6.07, 6.45) is 4.15. The molecule has 7 rings (SSSR count). The molecule has 0 fully saturated rings. The first-order valence-corrected chi connectivity index (χ1v) is 12.4. The summed E-state index contributed by atoms with van der Waals surface area (Å²) in [5, 5.41) is 0. The van der Waals surface area contributed by atoms with E-state index in [0.29, 0.717) is 17.5 Å². The zero-order chi connectivity index (χ0) is 25.6. The van der Waals surface area contributed by atoms with Crippen molar-refractivity contribution >= 4 is 16.9 Å². The minimum absolute atomic E-state index is 0.0263. The number of aromatic nitrogens is 3. The maximum Gasteiger partial charge on any atom is 0.387 e. The van der Waals surface area contributed by atoms with Gasteiger partial charge in [0, 0.05) is 36.4 Å². The fraction of sp³-hybridized carbons (Fsp3) is 0.321. The van der Waals surface area contributed by atoms with Crippen molar-refractivity contribution in [2.24, 2.45) is 5.73 Å². The number of ether oxygens (including phenoxy) is 1. The maximum absolute atomic E-state index is 13.3. The molecule has 37 heavy (non-hydrogen) atoms. The molecule has 0 radical (unpaired) electrons. The van der Waals surface area contributed by atoms with E-state index in [1.807, 2.05) is 25.3 Å². The largest absolute Gasteiger partial charge is 0.434 e. The van der Waals surface area contributed by atoms with Gasteiger partial charge in [0.15, 0.2) is 0 Å². The van der Waals surface area contributed by atoms with Crippen molar-refractivity contribution in [3.63, 3.8) is 0 Å². The number of benzene rings is 2. The molecule has 2 aliphatic heterocycles. The molecule has 1 amide bonds. The number of hydrogen-bond acceptors (Lipinski definition) is 5. The van der Waals surface area contributed by atoms with Crippen LogP contribution >= 0.6 is 0 Å². The predicted molar refractivity (Wildman–Crippen MR) is 133 cm³/mol. The van der Waals surface area contributed by atoms with Gasteiger partial charge in [0.05, 0.1) is 34.3 Å². The van der Waals surface area contributed by atoms with E-state index in [2.05, 4.69) is 16.7 Å². The Morgan fingerprint density at radius 1 is 1.16 bits per heavy atom. The monoisotopic (exact) mass is 501 g/mol. The minimum atomic E-state index is -2.99. The summed E-state index contributed by atoms with van der Waals surface area (Å²) >= 11 is 0. The normalized spacial score (nSPS) is 23.8.